The second-order valence-corrected chi connectivity index (χ2v) is 4.24. The number of nitro groups is 1. The summed E-state index contributed by atoms with van der Waals surface area (Å²) in [6.45, 7) is 0. The predicted octanol–water partition coefficient (Wildman–Crippen LogP) is 3.32. The Balaban J connectivity index is 2.37. The van der Waals surface area contributed by atoms with Gasteiger partial charge in [0.25, 0.3) is 5.88 Å². The van der Waals surface area contributed by atoms with Crippen LogP contribution in [-0.4, -0.2) is 22.0 Å². The van der Waals surface area contributed by atoms with Crippen molar-refractivity contribution in [2.75, 3.05) is 7.11 Å². The summed E-state index contributed by atoms with van der Waals surface area (Å²) >= 11 is 5.59. The molecule has 0 aliphatic carbocycles. The Morgan fingerprint density at radius 2 is 2.18 bits per heavy atom. The van der Waals surface area contributed by atoms with Gasteiger partial charge in [-0.2, -0.15) is 9.37 Å². The zero-order valence-electron chi connectivity index (χ0n) is 11.2. The van der Waals surface area contributed by atoms with E-state index in [1.165, 1.54) is 25.3 Å². The van der Waals surface area contributed by atoms with E-state index in [0.717, 1.165) is 12.4 Å². The molecular formula is C13H9ClFN3O4. The number of methoxy groups -OCH3 is 1. The summed E-state index contributed by atoms with van der Waals surface area (Å²) in [5.74, 6) is -0.763. The first-order chi connectivity index (χ1) is 10.5. The standard InChI is InChI=1S/C13H9ClFN3O4/c1-21-10-3-2-8(4-5-18(19)20)6-11(10)22-12-9(15)7-16-13(14)17-12/h2-7H,1H3/b5-4+. The first kappa shape index (κ1) is 15.6. The van der Waals surface area contributed by atoms with E-state index in [2.05, 4.69) is 9.97 Å². The van der Waals surface area contributed by atoms with Crippen LogP contribution in [0.25, 0.3) is 6.08 Å². The molecular weight excluding hydrogens is 317 g/mol. The van der Waals surface area contributed by atoms with Gasteiger partial charge in [-0.05, 0) is 29.3 Å². The minimum absolute atomic E-state index is 0.127. The maximum Gasteiger partial charge on any atom is 0.260 e. The van der Waals surface area contributed by atoms with E-state index >= 15 is 0 Å². The Bertz CT molecular complexity index is 739. The molecule has 0 radical (unpaired) electrons. The number of halogens is 2. The van der Waals surface area contributed by atoms with E-state index < -0.39 is 10.7 Å². The van der Waals surface area contributed by atoms with E-state index in [0.29, 0.717) is 11.3 Å². The molecule has 114 valence electrons. The van der Waals surface area contributed by atoms with Gasteiger partial charge in [0, 0.05) is 6.08 Å². The number of ether oxygens (including phenoxy) is 2. The van der Waals surface area contributed by atoms with Crippen molar-refractivity contribution < 1.29 is 18.8 Å². The first-order valence-corrected chi connectivity index (χ1v) is 6.23. The van der Waals surface area contributed by atoms with Gasteiger partial charge in [-0.3, -0.25) is 10.1 Å². The predicted molar refractivity (Wildman–Crippen MR) is 76.1 cm³/mol. The number of hydrogen-bond donors (Lipinski definition) is 0. The van der Waals surface area contributed by atoms with E-state index in [9.17, 15) is 14.5 Å². The quantitative estimate of drug-likeness (QED) is 0.476. The van der Waals surface area contributed by atoms with Crippen molar-refractivity contribution >= 4 is 17.7 Å². The van der Waals surface area contributed by atoms with Crippen molar-refractivity contribution in [3.8, 4) is 17.4 Å². The van der Waals surface area contributed by atoms with Crippen LogP contribution in [0, 0.1) is 15.9 Å². The molecule has 7 nitrogen and oxygen atoms in total. The molecule has 0 aliphatic rings. The summed E-state index contributed by atoms with van der Waals surface area (Å²) in [4.78, 5) is 16.8. The van der Waals surface area contributed by atoms with Crippen molar-refractivity contribution in [2.24, 2.45) is 0 Å². The van der Waals surface area contributed by atoms with Gasteiger partial charge in [0.1, 0.15) is 0 Å². The lowest BCUT2D eigenvalue weighted by atomic mass is 10.2. The molecule has 0 aliphatic heterocycles. The zero-order valence-corrected chi connectivity index (χ0v) is 12.0. The Labute approximate surface area is 129 Å². The van der Waals surface area contributed by atoms with Crippen LogP contribution in [0.1, 0.15) is 5.56 Å². The van der Waals surface area contributed by atoms with Gasteiger partial charge in [0.15, 0.2) is 11.5 Å². The van der Waals surface area contributed by atoms with E-state index in [-0.39, 0.29) is 16.9 Å². The highest BCUT2D eigenvalue weighted by Gasteiger charge is 2.12. The third-order valence-electron chi connectivity index (χ3n) is 2.47. The van der Waals surface area contributed by atoms with Gasteiger partial charge < -0.3 is 9.47 Å². The van der Waals surface area contributed by atoms with Crippen molar-refractivity contribution in [3.63, 3.8) is 0 Å². The van der Waals surface area contributed by atoms with Gasteiger partial charge in [-0.15, -0.1) is 0 Å². The van der Waals surface area contributed by atoms with Crippen molar-refractivity contribution in [1.82, 2.24) is 9.97 Å². The molecule has 1 aromatic carbocycles. The van der Waals surface area contributed by atoms with Crippen LogP contribution in [0.15, 0.2) is 30.6 Å². The van der Waals surface area contributed by atoms with Crippen molar-refractivity contribution in [3.05, 3.63) is 57.4 Å². The third kappa shape index (κ3) is 3.89. The second kappa shape index (κ2) is 6.81. The Morgan fingerprint density at radius 1 is 1.41 bits per heavy atom. The molecule has 2 rings (SSSR count). The van der Waals surface area contributed by atoms with Gasteiger partial charge in [-0.1, -0.05) is 6.07 Å². The van der Waals surface area contributed by atoms with Crippen LogP contribution in [0.3, 0.4) is 0 Å². The van der Waals surface area contributed by atoms with E-state index in [1.54, 1.807) is 6.07 Å². The summed E-state index contributed by atoms with van der Waals surface area (Å²) in [5, 5.41) is 10.2. The number of hydrogen-bond acceptors (Lipinski definition) is 6. The van der Waals surface area contributed by atoms with Crippen LogP contribution in [0.5, 0.6) is 17.4 Å². The zero-order chi connectivity index (χ0) is 16.1. The van der Waals surface area contributed by atoms with Gasteiger partial charge in [0.2, 0.25) is 17.3 Å². The molecule has 0 saturated heterocycles. The summed E-state index contributed by atoms with van der Waals surface area (Å²) in [7, 11) is 1.40. The largest absolute Gasteiger partial charge is 0.493 e. The van der Waals surface area contributed by atoms with Crippen molar-refractivity contribution in [1.29, 1.82) is 0 Å². The average Bonchev–Trinajstić information content (AvgIpc) is 2.49. The minimum Gasteiger partial charge on any atom is -0.493 e. The van der Waals surface area contributed by atoms with Crippen LogP contribution >= 0.6 is 11.6 Å². The maximum absolute atomic E-state index is 13.6. The summed E-state index contributed by atoms with van der Waals surface area (Å²) in [5.41, 5.74) is 0.466. The van der Waals surface area contributed by atoms with Crippen molar-refractivity contribution in [2.45, 2.75) is 0 Å². The molecule has 0 unspecified atom stereocenters. The van der Waals surface area contributed by atoms with Gasteiger partial charge >= 0.3 is 0 Å². The first-order valence-electron chi connectivity index (χ1n) is 5.85. The van der Waals surface area contributed by atoms with Gasteiger partial charge in [-0.25, -0.2) is 4.98 Å². The fourth-order valence-corrected chi connectivity index (χ4v) is 1.66. The summed E-state index contributed by atoms with van der Waals surface area (Å²) in [6.07, 6.45) is 2.90. The molecule has 22 heavy (non-hydrogen) atoms. The monoisotopic (exact) mass is 325 g/mol. The fraction of sp³-hybridized carbons (Fsp3) is 0.0769. The average molecular weight is 326 g/mol. The normalized spacial score (nSPS) is 10.7. The molecule has 0 saturated carbocycles. The highest BCUT2D eigenvalue weighted by atomic mass is 35.5. The third-order valence-corrected chi connectivity index (χ3v) is 2.65. The SMILES string of the molecule is COc1ccc(/C=C/[N+](=O)[O-])cc1Oc1nc(Cl)ncc1F. The molecule has 0 bridgehead atoms. The van der Waals surface area contributed by atoms with Crippen LogP contribution in [-0.2, 0) is 0 Å². The molecule has 0 N–H and O–H groups in total. The Hall–Kier alpha value is -2.74. The van der Waals surface area contributed by atoms with Crippen LogP contribution in [0.4, 0.5) is 4.39 Å². The molecule has 0 amide bonds. The maximum atomic E-state index is 13.6. The number of benzene rings is 1. The molecule has 0 fully saturated rings. The Morgan fingerprint density at radius 3 is 2.86 bits per heavy atom. The summed E-state index contributed by atoms with van der Waals surface area (Å²) in [6, 6.07) is 4.54. The minimum atomic E-state index is -0.808. The molecule has 1 heterocycles. The summed E-state index contributed by atoms with van der Waals surface area (Å²) < 4.78 is 24.0. The molecule has 9 heteroatoms. The molecule has 1 aromatic heterocycles. The van der Waals surface area contributed by atoms with E-state index in [1.807, 2.05) is 0 Å². The molecule has 0 atom stereocenters. The molecule has 2 aromatic rings. The second-order valence-electron chi connectivity index (χ2n) is 3.91. The lowest BCUT2D eigenvalue weighted by molar-refractivity contribution is -0.400. The number of nitrogens with zero attached hydrogens (tertiary/aromatic N) is 3. The Kier molecular flexibility index (Phi) is 4.84. The lowest BCUT2D eigenvalue weighted by Crippen LogP contribution is -1.97. The van der Waals surface area contributed by atoms with E-state index in [4.69, 9.17) is 21.1 Å². The highest BCUT2D eigenvalue weighted by Crippen LogP contribution is 2.33. The molecule has 0 spiro atoms. The van der Waals surface area contributed by atoms with Crippen LogP contribution in [0.2, 0.25) is 5.28 Å². The van der Waals surface area contributed by atoms with Crippen LogP contribution < -0.4 is 9.47 Å². The van der Waals surface area contributed by atoms with Gasteiger partial charge in [0.05, 0.1) is 18.2 Å². The highest BCUT2D eigenvalue weighted by molar-refractivity contribution is 6.28. The lowest BCUT2D eigenvalue weighted by Gasteiger charge is -2.10. The fourth-order valence-electron chi connectivity index (χ4n) is 1.53. The smallest absolute Gasteiger partial charge is 0.260 e. The topological polar surface area (TPSA) is 87.4 Å². The number of rotatable bonds is 5. The number of aromatic nitrogens is 2.